The second kappa shape index (κ2) is 10.7. The van der Waals surface area contributed by atoms with Crippen molar-refractivity contribution in [2.45, 2.75) is 51.1 Å². The van der Waals surface area contributed by atoms with Gasteiger partial charge in [0.1, 0.15) is 0 Å². The number of amides is 3. The monoisotopic (exact) mass is 520 g/mol. The van der Waals surface area contributed by atoms with Crippen molar-refractivity contribution in [1.82, 2.24) is 15.1 Å². The van der Waals surface area contributed by atoms with Crippen LogP contribution < -0.4 is 5.32 Å². The number of nitrogens with one attached hydrogen (secondary N) is 1. The first-order chi connectivity index (χ1) is 18.8. The Morgan fingerprint density at radius 3 is 1.92 bits per heavy atom. The van der Waals surface area contributed by atoms with E-state index in [-0.39, 0.29) is 11.9 Å². The molecule has 2 aliphatic heterocycles. The van der Waals surface area contributed by atoms with Crippen molar-refractivity contribution in [3.05, 3.63) is 118 Å². The standard InChI is InChI=1S/C33H36N4O2/c1-24-10-14-27(15-11-24)33(28-16-12-25(2)13-17-28)30(38)37(31(39)35-33)21-7-20-36-22-18-32(34-4,19-23-36)29-9-6-5-8-26(29)3/h5-6,8-17H,7,18-23H2,1-3H3,(H,35,39). The van der Waals surface area contributed by atoms with Crippen LogP contribution in [0, 0.1) is 27.3 Å². The number of urea groups is 1. The number of piperidine rings is 1. The van der Waals surface area contributed by atoms with E-state index in [0.717, 1.165) is 60.3 Å². The van der Waals surface area contributed by atoms with Gasteiger partial charge in [0.05, 0.1) is 0 Å². The molecule has 1 N–H and O–H groups in total. The normalized spacial score (nSPS) is 18.6. The Morgan fingerprint density at radius 1 is 0.821 bits per heavy atom. The fourth-order valence-electron chi connectivity index (χ4n) is 6.08. The fraction of sp³-hybridized carbons (Fsp3) is 0.364. The van der Waals surface area contributed by atoms with Crippen molar-refractivity contribution in [1.29, 1.82) is 0 Å². The summed E-state index contributed by atoms with van der Waals surface area (Å²) in [5.74, 6) is -0.231. The number of aryl methyl sites for hydroxylation is 3. The lowest BCUT2D eigenvalue weighted by Crippen LogP contribution is -2.45. The van der Waals surface area contributed by atoms with E-state index in [1.807, 2.05) is 74.5 Å². The Balaban J connectivity index is 1.27. The van der Waals surface area contributed by atoms with Gasteiger partial charge in [-0.25, -0.2) is 11.4 Å². The molecule has 0 atom stereocenters. The zero-order chi connectivity index (χ0) is 27.6. The molecule has 0 saturated carbocycles. The lowest BCUT2D eigenvalue weighted by atomic mass is 9.79. The molecule has 0 aliphatic carbocycles. The highest BCUT2D eigenvalue weighted by molar-refractivity contribution is 6.09. The molecule has 0 unspecified atom stereocenters. The van der Waals surface area contributed by atoms with Gasteiger partial charge in [0.15, 0.2) is 5.54 Å². The highest BCUT2D eigenvalue weighted by Gasteiger charge is 2.53. The molecule has 3 aromatic rings. The zero-order valence-corrected chi connectivity index (χ0v) is 23.0. The molecule has 2 fully saturated rings. The lowest BCUT2D eigenvalue weighted by Gasteiger charge is -2.35. The summed E-state index contributed by atoms with van der Waals surface area (Å²) in [6.45, 7) is 16.8. The third-order valence-corrected chi connectivity index (χ3v) is 8.47. The summed E-state index contributed by atoms with van der Waals surface area (Å²) in [7, 11) is 0. The van der Waals surface area contributed by atoms with Crippen molar-refractivity contribution in [3.63, 3.8) is 0 Å². The second-order valence-electron chi connectivity index (χ2n) is 11.0. The van der Waals surface area contributed by atoms with E-state index in [4.69, 9.17) is 6.57 Å². The van der Waals surface area contributed by atoms with Gasteiger partial charge in [0.25, 0.3) is 11.4 Å². The van der Waals surface area contributed by atoms with Crippen LogP contribution in [0.5, 0.6) is 0 Å². The number of nitrogens with zero attached hydrogens (tertiary/aromatic N) is 3. The Bertz CT molecular complexity index is 1350. The van der Waals surface area contributed by atoms with E-state index in [1.165, 1.54) is 10.5 Å². The topological polar surface area (TPSA) is 57.0 Å². The number of rotatable bonds is 7. The maximum Gasteiger partial charge on any atom is 0.325 e. The van der Waals surface area contributed by atoms with E-state index in [1.54, 1.807) is 0 Å². The smallest absolute Gasteiger partial charge is 0.315 e. The van der Waals surface area contributed by atoms with E-state index in [9.17, 15) is 9.59 Å². The molecule has 2 heterocycles. The summed E-state index contributed by atoms with van der Waals surface area (Å²) in [4.78, 5) is 35.1. The molecule has 3 aromatic carbocycles. The van der Waals surface area contributed by atoms with Crippen molar-refractivity contribution < 1.29 is 9.59 Å². The fourth-order valence-corrected chi connectivity index (χ4v) is 6.08. The molecule has 2 aliphatic rings. The maximum absolute atomic E-state index is 14.0. The van der Waals surface area contributed by atoms with Crippen LogP contribution >= 0.6 is 0 Å². The van der Waals surface area contributed by atoms with Crippen molar-refractivity contribution in [2.75, 3.05) is 26.2 Å². The Hall–Kier alpha value is -3.95. The summed E-state index contributed by atoms with van der Waals surface area (Å²) < 4.78 is 0. The van der Waals surface area contributed by atoms with Crippen LogP contribution in [0.3, 0.4) is 0 Å². The molecular formula is C33H36N4O2. The second-order valence-corrected chi connectivity index (χ2v) is 11.0. The van der Waals surface area contributed by atoms with Crippen molar-refractivity contribution in [2.24, 2.45) is 0 Å². The van der Waals surface area contributed by atoms with E-state index >= 15 is 0 Å². The van der Waals surface area contributed by atoms with Gasteiger partial charge in [-0.3, -0.25) is 9.69 Å². The maximum atomic E-state index is 14.0. The van der Waals surface area contributed by atoms with Gasteiger partial charge >= 0.3 is 6.03 Å². The summed E-state index contributed by atoms with van der Waals surface area (Å²) in [5, 5.41) is 3.06. The Morgan fingerprint density at radius 2 is 1.38 bits per heavy atom. The summed E-state index contributed by atoms with van der Waals surface area (Å²) >= 11 is 0. The number of carbonyl (C=O) groups excluding carboxylic acids is 2. The van der Waals surface area contributed by atoms with E-state index in [0.29, 0.717) is 13.0 Å². The van der Waals surface area contributed by atoms with Crippen molar-refractivity contribution in [3.8, 4) is 0 Å². The molecule has 0 aromatic heterocycles. The molecule has 39 heavy (non-hydrogen) atoms. The van der Waals surface area contributed by atoms with E-state index in [2.05, 4.69) is 34.1 Å². The van der Waals surface area contributed by atoms with Crippen LogP contribution in [-0.2, 0) is 15.9 Å². The first-order valence-corrected chi connectivity index (χ1v) is 13.7. The SMILES string of the molecule is [C-]#[N+]C1(c2ccccc2C)CCN(CCCN2C(=O)NC(c3ccc(C)cc3)(c3ccc(C)cc3)C2=O)CC1. The lowest BCUT2D eigenvalue weighted by molar-refractivity contribution is -0.130. The molecule has 5 rings (SSSR count). The average molecular weight is 521 g/mol. The van der Waals surface area contributed by atoms with Crippen LogP contribution in [0.1, 0.15) is 52.6 Å². The summed E-state index contributed by atoms with van der Waals surface area (Å²) in [5.41, 5.74) is 4.34. The van der Waals surface area contributed by atoms with Crippen LogP contribution in [-0.4, -0.2) is 47.9 Å². The summed E-state index contributed by atoms with van der Waals surface area (Å²) in [6.07, 6.45) is 2.26. The number of hydrogen-bond donors (Lipinski definition) is 1. The third-order valence-electron chi connectivity index (χ3n) is 8.47. The molecular weight excluding hydrogens is 484 g/mol. The molecule has 6 heteroatoms. The average Bonchev–Trinajstić information content (AvgIpc) is 3.20. The van der Waals surface area contributed by atoms with Gasteiger partial charge < -0.3 is 15.1 Å². The van der Waals surface area contributed by atoms with Crippen LogP contribution in [0.2, 0.25) is 0 Å². The first-order valence-electron chi connectivity index (χ1n) is 13.7. The molecule has 0 bridgehead atoms. The van der Waals surface area contributed by atoms with Gasteiger partial charge in [0, 0.05) is 38.0 Å². The molecule has 2 saturated heterocycles. The molecule has 0 radical (unpaired) electrons. The zero-order valence-electron chi connectivity index (χ0n) is 23.0. The molecule has 0 spiro atoms. The first kappa shape index (κ1) is 26.6. The van der Waals surface area contributed by atoms with E-state index < -0.39 is 11.1 Å². The number of carbonyl (C=O) groups is 2. The largest absolute Gasteiger partial charge is 0.325 e. The Labute approximate surface area is 231 Å². The molecule has 3 amide bonds. The predicted molar refractivity (Wildman–Crippen MR) is 153 cm³/mol. The van der Waals surface area contributed by atoms with Gasteiger partial charge in [-0.05, 0) is 50.4 Å². The number of likely N-dealkylation sites (tertiary alicyclic amines) is 1. The molecule has 200 valence electrons. The third kappa shape index (κ3) is 4.84. The summed E-state index contributed by atoms with van der Waals surface area (Å²) in [6, 6.07) is 23.5. The minimum Gasteiger partial charge on any atom is -0.315 e. The van der Waals surface area contributed by atoms with Crippen molar-refractivity contribution >= 4 is 11.9 Å². The highest BCUT2D eigenvalue weighted by atomic mass is 16.2. The molecule has 6 nitrogen and oxygen atoms in total. The quantitative estimate of drug-likeness (QED) is 0.321. The van der Waals surface area contributed by atoms with Gasteiger partial charge in [0.2, 0.25) is 0 Å². The van der Waals surface area contributed by atoms with Crippen LogP contribution in [0.25, 0.3) is 4.85 Å². The number of benzene rings is 3. The number of hydrogen-bond acceptors (Lipinski definition) is 3. The van der Waals surface area contributed by atoms with Crippen LogP contribution in [0.4, 0.5) is 4.79 Å². The number of imide groups is 1. The Kier molecular flexibility index (Phi) is 7.29. The minimum atomic E-state index is -1.23. The van der Waals surface area contributed by atoms with Gasteiger partial charge in [-0.15, -0.1) is 0 Å². The van der Waals surface area contributed by atoms with Crippen LogP contribution in [0.15, 0.2) is 72.8 Å². The minimum absolute atomic E-state index is 0.231. The highest BCUT2D eigenvalue weighted by Crippen LogP contribution is 2.39. The predicted octanol–water partition coefficient (Wildman–Crippen LogP) is 5.71. The van der Waals surface area contributed by atoms with Gasteiger partial charge in [-0.1, -0.05) is 83.9 Å². The van der Waals surface area contributed by atoms with Gasteiger partial charge in [-0.2, -0.15) is 0 Å².